The Morgan fingerprint density at radius 2 is 1.77 bits per heavy atom. The van der Waals surface area contributed by atoms with Gasteiger partial charge in [-0.25, -0.2) is 4.98 Å². The number of rotatable bonds is 5. The lowest BCUT2D eigenvalue weighted by molar-refractivity contribution is -0.127. The third-order valence-electron chi connectivity index (χ3n) is 4.08. The normalized spacial score (nSPS) is 12.1. The topological polar surface area (TPSA) is 55.2 Å². The lowest BCUT2D eigenvalue weighted by atomic mass is 10.2. The summed E-state index contributed by atoms with van der Waals surface area (Å²) in [5.41, 5.74) is 1.57. The molecule has 0 bridgehead atoms. The first-order valence-corrected chi connectivity index (χ1v) is 9.26. The Balaban J connectivity index is 2.08. The molecule has 6 heteroatoms. The van der Waals surface area contributed by atoms with Gasteiger partial charge in [-0.05, 0) is 24.6 Å². The number of hydrogen-bond acceptors (Lipinski definition) is 4. The highest BCUT2D eigenvalue weighted by Crippen LogP contribution is 2.24. The van der Waals surface area contributed by atoms with Gasteiger partial charge in [0.1, 0.15) is 0 Å². The molecule has 26 heavy (non-hydrogen) atoms. The number of amides is 1. The van der Waals surface area contributed by atoms with E-state index in [1.165, 1.54) is 11.8 Å². The second-order valence-electron chi connectivity index (χ2n) is 6.28. The molecule has 0 radical (unpaired) electrons. The smallest absolute Gasteiger partial charge is 0.262 e. The summed E-state index contributed by atoms with van der Waals surface area (Å²) in [5, 5.41) is 0.805. The van der Waals surface area contributed by atoms with Crippen molar-refractivity contribution >= 4 is 28.6 Å². The Morgan fingerprint density at radius 3 is 2.46 bits per heavy atom. The lowest BCUT2D eigenvalue weighted by Crippen LogP contribution is -2.31. The van der Waals surface area contributed by atoms with Gasteiger partial charge >= 0.3 is 0 Å². The molecule has 1 aromatic heterocycles. The summed E-state index contributed by atoms with van der Waals surface area (Å²) in [7, 11) is 3.45. The average molecular weight is 367 g/mol. The standard InChI is InChI=1S/C20H21N3O2S/c1-14(18(24)22(2)3)26-20-21-17-12-8-7-11-16(17)19(25)23(20)13-15-9-5-4-6-10-15/h4-12,14H,13H2,1-3H3. The Kier molecular flexibility index (Phi) is 5.42. The van der Waals surface area contributed by atoms with Crippen LogP contribution in [-0.2, 0) is 11.3 Å². The highest BCUT2D eigenvalue weighted by Gasteiger charge is 2.20. The van der Waals surface area contributed by atoms with Crippen LogP contribution < -0.4 is 5.56 Å². The van der Waals surface area contributed by atoms with Crippen molar-refractivity contribution in [1.29, 1.82) is 0 Å². The largest absolute Gasteiger partial charge is 0.348 e. The van der Waals surface area contributed by atoms with E-state index in [1.807, 2.05) is 55.5 Å². The van der Waals surface area contributed by atoms with Crippen LogP contribution in [0.1, 0.15) is 12.5 Å². The second kappa shape index (κ2) is 7.74. The lowest BCUT2D eigenvalue weighted by Gasteiger charge is -2.18. The number of fused-ring (bicyclic) bond motifs is 1. The third-order valence-corrected chi connectivity index (χ3v) is 5.16. The molecular formula is C20H21N3O2S. The third kappa shape index (κ3) is 3.80. The molecule has 5 nitrogen and oxygen atoms in total. The van der Waals surface area contributed by atoms with E-state index in [0.29, 0.717) is 22.6 Å². The summed E-state index contributed by atoms with van der Waals surface area (Å²) in [6.07, 6.45) is 0. The van der Waals surface area contributed by atoms with E-state index in [4.69, 9.17) is 0 Å². The van der Waals surface area contributed by atoms with Crippen LogP contribution in [0.25, 0.3) is 10.9 Å². The van der Waals surface area contributed by atoms with Crippen molar-refractivity contribution in [3.05, 3.63) is 70.5 Å². The van der Waals surface area contributed by atoms with E-state index in [1.54, 1.807) is 29.6 Å². The van der Waals surface area contributed by atoms with E-state index in [2.05, 4.69) is 4.98 Å². The van der Waals surface area contributed by atoms with E-state index >= 15 is 0 Å². The first kappa shape index (κ1) is 18.2. The first-order valence-electron chi connectivity index (χ1n) is 8.38. The van der Waals surface area contributed by atoms with Crippen molar-refractivity contribution in [1.82, 2.24) is 14.5 Å². The van der Waals surface area contributed by atoms with Crippen molar-refractivity contribution in [2.24, 2.45) is 0 Å². The number of carbonyl (C=O) groups is 1. The quantitative estimate of drug-likeness (QED) is 0.514. The van der Waals surface area contributed by atoms with E-state index in [-0.39, 0.29) is 16.7 Å². The molecule has 2 aromatic carbocycles. The van der Waals surface area contributed by atoms with Gasteiger partial charge in [0.25, 0.3) is 5.56 Å². The van der Waals surface area contributed by atoms with Gasteiger partial charge in [0.05, 0.1) is 22.7 Å². The summed E-state index contributed by atoms with van der Waals surface area (Å²) in [5.74, 6) is -0.0105. The van der Waals surface area contributed by atoms with Gasteiger partial charge in [0.15, 0.2) is 5.16 Å². The van der Waals surface area contributed by atoms with Crippen LogP contribution in [0, 0.1) is 0 Å². The van der Waals surface area contributed by atoms with Crippen LogP contribution in [0.15, 0.2) is 64.5 Å². The summed E-state index contributed by atoms with van der Waals surface area (Å²) < 4.78 is 1.65. The number of thioether (sulfide) groups is 1. The van der Waals surface area contributed by atoms with Gasteiger partial charge in [0, 0.05) is 14.1 Å². The zero-order chi connectivity index (χ0) is 18.7. The maximum Gasteiger partial charge on any atom is 0.262 e. The van der Waals surface area contributed by atoms with Crippen LogP contribution in [0.4, 0.5) is 0 Å². The molecule has 1 atom stereocenters. The van der Waals surface area contributed by atoms with Gasteiger partial charge in [-0.15, -0.1) is 0 Å². The average Bonchev–Trinajstić information content (AvgIpc) is 2.65. The molecule has 1 amide bonds. The predicted molar refractivity (Wildman–Crippen MR) is 106 cm³/mol. The van der Waals surface area contributed by atoms with Gasteiger partial charge in [-0.3, -0.25) is 14.2 Å². The summed E-state index contributed by atoms with van der Waals surface area (Å²) in [6, 6.07) is 17.1. The molecule has 3 rings (SSSR count). The van der Waals surface area contributed by atoms with Crippen LogP contribution in [0.5, 0.6) is 0 Å². The molecule has 3 aromatic rings. The van der Waals surface area contributed by atoms with Crippen molar-refractivity contribution in [3.63, 3.8) is 0 Å². The number of nitrogens with zero attached hydrogens (tertiary/aromatic N) is 3. The maximum atomic E-state index is 13.1. The molecule has 0 fully saturated rings. The molecule has 1 heterocycles. The van der Waals surface area contributed by atoms with Crippen LogP contribution in [0.3, 0.4) is 0 Å². The zero-order valence-electron chi connectivity index (χ0n) is 15.0. The van der Waals surface area contributed by atoms with E-state index < -0.39 is 0 Å². The second-order valence-corrected chi connectivity index (χ2v) is 7.59. The first-order chi connectivity index (χ1) is 12.5. The molecule has 0 aliphatic carbocycles. The van der Waals surface area contributed by atoms with Gasteiger partial charge in [-0.2, -0.15) is 0 Å². The number of aromatic nitrogens is 2. The Bertz CT molecular complexity index is 983. The Labute approximate surface area is 156 Å². The van der Waals surface area contributed by atoms with Gasteiger partial charge in [0.2, 0.25) is 5.91 Å². The molecule has 0 saturated carbocycles. The Morgan fingerprint density at radius 1 is 1.12 bits per heavy atom. The van der Waals surface area contributed by atoms with Crippen LogP contribution >= 0.6 is 11.8 Å². The number of hydrogen-bond donors (Lipinski definition) is 0. The molecule has 134 valence electrons. The fourth-order valence-electron chi connectivity index (χ4n) is 2.72. The van der Waals surface area contributed by atoms with E-state index in [9.17, 15) is 9.59 Å². The number of benzene rings is 2. The summed E-state index contributed by atoms with van der Waals surface area (Å²) in [4.78, 5) is 31.5. The number of carbonyl (C=O) groups excluding carboxylic acids is 1. The maximum absolute atomic E-state index is 13.1. The van der Waals surface area contributed by atoms with Crippen molar-refractivity contribution in [2.45, 2.75) is 23.9 Å². The number of para-hydroxylation sites is 1. The molecule has 0 N–H and O–H groups in total. The molecule has 1 unspecified atom stereocenters. The molecular weight excluding hydrogens is 346 g/mol. The van der Waals surface area contributed by atoms with Gasteiger partial charge < -0.3 is 4.90 Å². The summed E-state index contributed by atoms with van der Waals surface area (Å²) in [6.45, 7) is 2.25. The van der Waals surface area contributed by atoms with Crippen LogP contribution in [0.2, 0.25) is 0 Å². The van der Waals surface area contributed by atoms with Crippen LogP contribution in [-0.4, -0.2) is 39.7 Å². The SMILES string of the molecule is CC(Sc1nc2ccccc2c(=O)n1Cc1ccccc1)C(=O)N(C)C. The van der Waals surface area contributed by atoms with Crippen molar-refractivity contribution in [3.8, 4) is 0 Å². The molecule has 0 spiro atoms. The fourth-order valence-corrected chi connectivity index (χ4v) is 3.77. The molecule has 0 saturated heterocycles. The molecule has 0 aliphatic rings. The van der Waals surface area contributed by atoms with E-state index in [0.717, 1.165) is 5.56 Å². The predicted octanol–water partition coefficient (Wildman–Crippen LogP) is 3.01. The highest BCUT2D eigenvalue weighted by atomic mass is 32.2. The highest BCUT2D eigenvalue weighted by molar-refractivity contribution is 8.00. The van der Waals surface area contributed by atoms with Crippen molar-refractivity contribution < 1.29 is 4.79 Å². The Hall–Kier alpha value is -2.60. The minimum Gasteiger partial charge on any atom is -0.348 e. The van der Waals surface area contributed by atoms with Gasteiger partial charge in [-0.1, -0.05) is 54.2 Å². The minimum absolute atomic E-state index is 0.0105. The molecule has 0 aliphatic heterocycles. The minimum atomic E-state index is -0.333. The monoisotopic (exact) mass is 367 g/mol. The van der Waals surface area contributed by atoms with Crippen molar-refractivity contribution in [2.75, 3.05) is 14.1 Å². The fraction of sp³-hybridized carbons (Fsp3) is 0.250. The summed E-state index contributed by atoms with van der Waals surface area (Å²) >= 11 is 1.32. The zero-order valence-corrected chi connectivity index (χ0v) is 15.9.